The molecule has 9 nitrogen and oxygen atoms in total. The van der Waals surface area contributed by atoms with Gasteiger partial charge in [0.2, 0.25) is 0 Å². The molecule has 5 heterocycles. The van der Waals surface area contributed by atoms with Gasteiger partial charge < -0.3 is 9.40 Å². The summed E-state index contributed by atoms with van der Waals surface area (Å²) in [5, 5.41) is 0. The monoisotopic (exact) mass is 467 g/mol. The SMILES string of the molecule is O=C1c2ccccc2C(=O)N1Cc1ccc(CN2CCc3nc(-c4ccncc4)[nH]c(=O)c3C2)o1. The topological polar surface area (TPSA) is 112 Å². The molecule has 0 unspecified atom stereocenters. The summed E-state index contributed by atoms with van der Waals surface area (Å²) in [6.45, 7) is 1.78. The summed E-state index contributed by atoms with van der Waals surface area (Å²) in [6.07, 6.45) is 3.99. The van der Waals surface area contributed by atoms with Crippen molar-refractivity contribution in [1.29, 1.82) is 0 Å². The molecule has 0 radical (unpaired) electrons. The van der Waals surface area contributed by atoms with Gasteiger partial charge in [0.05, 0.1) is 35.5 Å². The zero-order chi connectivity index (χ0) is 23.9. The lowest BCUT2D eigenvalue weighted by molar-refractivity contribution is 0.0630. The first kappa shape index (κ1) is 21.2. The number of aromatic amines is 1. The van der Waals surface area contributed by atoms with Crippen LogP contribution in [0.25, 0.3) is 11.4 Å². The van der Waals surface area contributed by atoms with Gasteiger partial charge in [0.25, 0.3) is 17.4 Å². The van der Waals surface area contributed by atoms with Gasteiger partial charge in [-0.1, -0.05) is 12.1 Å². The molecule has 4 aromatic rings. The number of benzene rings is 1. The molecule has 0 saturated heterocycles. The third-order valence-corrected chi connectivity index (χ3v) is 6.39. The second kappa shape index (κ2) is 8.44. The van der Waals surface area contributed by atoms with E-state index in [1.807, 2.05) is 18.2 Å². The first-order chi connectivity index (χ1) is 17.1. The third-order valence-electron chi connectivity index (χ3n) is 6.39. The van der Waals surface area contributed by atoms with Crippen LogP contribution in [0.2, 0.25) is 0 Å². The van der Waals surface area contributed by atoms with Gasteiger partial charge in [-0.2, -0.15) is 0 Å². The van der Waals surface area contributed by atoms with Crippen LogP contribution < -0.4 is 5.56 Å². The third kappa shape index (κ3) is 3.85. The van der Waals surface area contributed by atoms with Crippen LogP contribution in [0.5, 0.6) is 0 Å². The van der Waals surface area contributed by atoms with Gasteiger partial charge in [0, 0.05) is 37.5 Å². The standard InChI is InChI=1S/C26H21N5O4/c32-24-21-15-30(12-9-22(21)28-23(29-24)16-7-10-27-11-8-16)13-17-5-6-18(35-17)14-31-25(33)19-3-1-2-4-20(19)26(31)34/h1-8,10-11H,9,12-15H2,(H,28,29,32). The van der Waals surface area contributed by atoms with E-state index in [0.717, 1.165) is 17.8 Å². The Kier molecular flexibility index (Phi) is 5.11. The van der Waals surface area contributed by atoms with Crippen LogP contribution in [0.15, 0.2) is 70.1 Å². The summed E-state index contributed by atoms with van der Waals surface area (Å²) >= 11 is 0. The van der Waals surface area contributed by atoms with E-state index < -0.39 is 0 Å². The van der Waals surface area contributed by atoms with Gasteiger partial charge in [-0.15, -0.1) is 0 Å². The van der Waals surface area contributed by atoms with E-state index in [9.17, 15) is 14.4 Å². The number of nitrogens with one attached hydrogen (secondary N) is 1. The smallest absolute Gasteiger partial charge is 0.261 e. The van der Waals surface area contributed by atoms with Crippen LogP contribution in [-0.2, 0) is 26.1 Å². The van der Waals surface area contributed by atoms with E-state index >= 15 is 0 Å². The molecule has 35 heavy (non-hydrogen) atoms. The number of amides is 2. The first-order valence-electron chi connectivity index (χ1n) is 11.3. The molecule has 1 N–H and O–H groups in total. The molecule has 2 amide bonds. The zero-order valence-electron chi connectivity index (χ0n) is 18.7. The highest BCUT2D eigenvalue weighted by Gasteiger charge is 2.35. The average Bonchev–Trinajstić information content (AvgIpc) is 3.43. The Labute approximate surface area is 200 Å². The fourth-order valence-corrected chi connectivity index (χ4v) is 4.61. The van der Waals surface area contributed by atoms with Gasteiger partial charge >= 0.3 is 0 Å². The van der Waals surface area contributed by atoms with Crippen molar-refractivity contribution in [3.63, 3.8) is 0 Å². The van der Waals surface area contributed by atoms with E-state index in [2.05, 4.69) is 19.9 Å². The summed E-state index contributed by atoms with van der Waals surface area (Å²) in [5.74, 6) is 1.17. The number of imide groups is 1. The van der Waals surface area contributed by atoms with Gasteiger partial charge in [0.1, 0.15) is 17.3 Å². The number of pyridine rings is 1. The Morgan fingerprint density at radius 1 is 0.886 bits per heavy atom. The molecule has 0 spiro atoms. The highest BCUT2D eigenvalue weighted by molar-refractivity contribution is 6.21. The molecular weight excluding hydrogens is 446 g/mol. The van der Waals surface area contributed by atoms with Crippen molar-refractivity contribution in [2.24, 2.45) is 0 Å². The van der Waals surface area contributed by atoms with Crippen LogP contribution in [0.1, 0.15) is 43.5 Å². The molecule has 6 rings (SSSR count). The number of aromatic nitrogens is 3. The van der Waals surface area contributed by atoms with Gasteiger partial charge in [-0.05, 0) is 36.4 Å². The molecular formula is C26H21N5O4. The number of fused-ring (bicyclic) bond motifs is 2. The molecule has 9 heteroatoms. The minimum atomic E-state index is -0.311. The summed E-state index contributed by atoms with van der Waals surface area (Å²) < 4.78 is 5.94. The highest BCUT2D eigenvalue weighted by Crippen LogP contribution is 2.25. The van der Waals surface area contributed by atoms with E-state index in [1.54, 1.807) is 42.7 Å². The molecule has 3 aromatic heterocycles. The minimum Gasteiger partial charge on any atom is -0.463 e. The second-order valence-corrected chi connectivity index (χ2v) is 8.65. The maximum atomic E-state index is 12.8. The summed E-state index contributed by atoms with van der Waals surface area (Å²) in [7, 11) is 0. The van der Waals surface area contributed by atoms with Crippen molar-refractivity contribution in [3.8, 4) is 11.4 Å². The minimum absolute atomic E-state index is 0.0799. The molecule has 2 aliphatic heterocycles. The van der Waals surface area contributed by atoms with Crippen molar-refractivity contribution >= 4 is 11.8 Å². The molecule has 2 aliphatic rings. The van der Waals surface area contributed by atoms with E-state index in [0.29, 0.717) is 53.5 Å². The van der Waals surface area contributed by atoms with Gasteiger partial charge in [0.15, 0.2) is 0 Å². The van der Waals surface area contributed by atoms with Gasteiger partial charge in [-0.25, -0.2) is 4.98 Å². The number of furan rings is 1. The average molecular weight is 467 g/mol. The summed E-state index contributed by atoms with van der Waals surface area (Å²) in [6, 6.07) is 14.1. The number of hydrogen-bond acceptors (Lipinski definition) is 7. The molecule has 0 bridgehead atoms. The molecule has 174 valence electrons. The van der Waals surface area contributed by atoms with Crippen molar-refractivity contribution < 1.29 is 14.0 Å². The number of nitrogens with zero attached hydrogens (tertiary/aromatic N) is 4. The van der Waals surface area contributed by atoms with Crippen LogP contribution in [0.3, 0.4) is 0 Å². The molecule has 0 aliphatic carbocycles. The summed E-state index contributed by atoms with van der Waals surface area (Å²) in [5.41, 5.74) is 2.99. The Bertz CT molecular complexity index is 1470. The lowest BCUT2D eigenvalue weighted by Gasteiger charge is -2.26. The predicted molar refractivity (Wildman–Crippen MR) is 125 cm³/mol. The maximum Gasteiger partial charge on any atom is 0.261 e. The Morgan fingerprint density at radius 3 is 2.29 bits per heavy atom. The number of carbonyl (C=O) groups excluding carboxylic acids is 2. The van der Waals surface area contributed by atoms with Crippen molar-refractivity contribution in [2.75, 3.05) is 6.54 Å². The highest BCUT2D eigenvalue weighted by atomic mass is 16.3. The van der Waals surface area contributed by atoms with Crippen LogP contribution in [0.4, 0.5) is 0 Å². The van der Waals surface area contributed by atoms with Crippen LogP contribution in [-0.4, -0.2) is 43.1 Å². The fraction of sp³-hybridized carbons (Fsp3) is 0.192. The Balaban J connectivity index is 1.14. The largest absolute Gasteiger partial charge is 0.463 e. The van der Waals surface area contributed by atoms with E-state index in [-0.39, 0.29) is 23.9 Å². The molecule has 0 atom stereocenters. The van der Waals surface area contributed by atoms with Crippen LogP contribution >= 0.6 is 0 Å². The predicted octanol–water partition coefficient (Wildman–Crippen LogP) is 2.78. The number of carbonyl (C=O) groups is 2. The molecule has 1 aromatic carbocycles. The first-order valence-corrected chi connectivity index (χ1v) is 11.3. The van der Waals surface area contributed by atoms with Crippen molar-refractivity contribution in [1.82, 2.24) is 24.8 Å². The lowest BCUT2D eigenvalue weighted by Crippen LogP contribution is -2.35. The normalized spacial score (nSPS) is 15.4. The van der Waals surface area contributed by atoms with E-state index in [4.69, 9.17) is 4.42 Å². The lowest BCUT2D eigenvalue weighted by atomic mass is 10.1. The Morgan fingerprint density at radius 2 is 1.57 bits per heavy atom. The van der Waals surface area contributed by atoms with Crippen LogP contribution in [0, 0.1) is 0 Å². The Hall–Kier alpha value is -4.37. The molecule has 0 fully saturated rings. The fourth-order valence-electron chi connectivity index (χ4n) is 4.61. The number of hydrogen-bond donors (Lipinski definition) is 1. The second-order valence-electron chi connectivity index (χ2n) is 8.65. The quantitative estimate of drug-likeness (QED) is 0.449. The van der Waals surface area contributed by atoms with Crippen molar-refractivity contribution in [2.45, 2.75) is 26.1 Å². The van der Waals surface area contributed by atoms with Crippen molar-refractivity contribution in [3.05, 3.63) is 105 Å². The zero-order valence-corrected chi connectivity index (χ0v) is 18.7. The summed E-state index contributed by atoms with van der Waals surface area (Å²) in [4.78, 5) is 52.9. The van der Waals surface area contributed by atoms with E-state index in [1.165, 1.54) is 4.90 Å². The number of H-pyrrole nitrogens is 1. The maximum absolute atomic E-state index is 12.8. The molecule has 0 saturated carbocycles. The number of rotatable bonds is 5. The van der Waals surface area contributed by atoms with Gasteiger partial charge in [-0.3, -0.25) is 29.2 Å².